The zero-order valence-electron chi connectivity index (χ0n) is 14.0. The number of carboxylic acid groups (broad SMARTS) is 1. The summed E-state index contributed by atoms with van der Waals surface area (Å²) in [4.78, 5) is 22.9. The molecular formula is C19H18F3NO3. The number of halogens is 3. The normalized spacial score (nSPS) is 12.5. The fourth-order valence-corrected chi connectivity index (χ4v) is 2.72. The van der Waals surface area contributed by atoms with Crippen molar-refractivity contribution in [2.24, 2.45) is 0 Å². The Balaban J connectivity index is 2.08. The van der Waals surface area contributed by atoms with Crippen LogP contribution in [-0.4, -0.2) is 17.0 Å². The van der Waals surface area contributed by atoms with Gasteiger partial charge in [0.25, 0.3) is 0 Å². The lowest BCUT2D eigenvalue weighted by Gasteiger charge is -2.18. The Hall–Kier alpha value is -2.83. The van der Waals surface area contributed by atoms with E-state index >= 15 is 0 Å². The van der Waals surface area contributed by atoms with Gasteiger partial charge in [0.2, 0.25) is 5.91 Å². The van der Waals surface area contributed by atoms with Gasteiger partial charge in [-0.2, -0.15) is 13.2 Å². The van der Waals surface area contributed by atoms with E-state index in [1.54, 1.807) is 25.1 Å². The Morgan fingerprint density at radius 3 is 2.46 bits per heavy atom. The molecule has 0 saturated heterocycles. The number of alkyl halides is 3. The monoisotopic (exact) mass is 365 g/mol. The van der Waals surface area contributed by atoms with E-state index in [9.17, 15) is 22.8 Å². The second-order valence-corrected chi connectivity index (χ2v) is 6.01. The van der Waals surface area contributed by atoms with Crippen LogP contribution in [0.2, 0.25) is 0 Å². The lowest BCUT2D eigenvalue weighted by molar-refractivity contribution is -0.138. The van der Waals surface area contributed by atoms with Gasteiger partial charge in [-0.15, -0.1) is 0 Å². The summed E-state index contributed by atoms with van der Waals surface area (Å²) in [5.74, 6) is -2.07. The molecule has 0 aliphatic heterocycles. The van der Waals surface area contributed by atoms with Crippen molar-refractivity contribution in [3.8, 4) is 0 Å². The number of nitrogens with one attached hydrogen (secondary N) is 1. The average molecular weight is 365 g/mol. The van der Waals surface area contributed by atoms with Crippen molar-refractivity contribution < 1.29 is 27.9 Å². The minimum Gasteiger partial charge on any atom is -0.481 e. The first kappa shape index (κ1) is 19.5. The number of hydrogen-bond acceptors (Lipinski definition) is 2. The summed E-state index contributed by atoms with van der Waals surface area (Å²) >= 11 is 0. The molecule has 1 unspecified atom stereocenters. The third-order valence-electron chi connectivity index (χ3n) is 3.85. The van der Waals surface area contributed by atoms with Crippen LogP contribution in [0.25, 0.3) is 0 Å². The van der Waals surface area contributed by atoms with Crippen LogP contribution in [0.3, 0.4) is 0 Å². The highest BCUT2D eigenvalue weighted by molar-refractivity contribution is 5.91. The first-order valence-electron chi connectivity index (χ1n) is 7.93. The maximum absolute atomic E-state index is 13.1. The third kappa shape index (κ3) is 5.34. The molecule has 1 atom stereocenters. The topological polar surface area (TPSA) is 66.4 Å². The van der Waals surface area contributed by atoms with Crippen LogP contribution in [0, 0.1) is 0 Å². The van der Waals surface area contributed by atoms with E-state index in [0.717, 1.165) is 6.07 Å². The number of aliphatic carboxylic acids is 1. The lowest BCUT2D eigenvalue weighted by atomic mass is 9.92. The maximum Gasteiger partial charge on any atom is 0.416 e. The minimum absolute atomic E-state index is 0.0646. The number of amides is 1. The molecule has 7 heteroatoms. The molecule has 0 aliphatic rings. The van der Waals surface area contributed by atoms with Gasteiger partial charge in [0.05, 0.1) is 12.0 Å². The van der Waals surface area contributed by atoms with Crippen molar-refractivity contribution in [1.82, 2.24) is 0 Å². The summed E-state index contributed by atoms with van der Waals surface area (Å²) in [6, 6.07) is 11.5. The molecule has 2 aromatic carbocycles. The van der Waals surface area contributed by atoms with E-state index < -0.39 is 29.5 Å². The summed E-state index contributed by atoms with van der Waals surface area (Å²) in [6.45, 7) is 1.56. The van der Waals surface area contributed by atoms with Crippen molar-refractivity contribution in [3.63, 3.8) is 0 Å². The number of anilines is 1. The van der Waals surface area contributed by atoms with Crippen molar-refractivity contribution in [2.75, 3.05) is 5.32 Å². The molecule has 2 rings (SSSR count). The third-order valence-corrected chi connectivity index (χ3v) is 3.85. The number of hydrogen-bond donors (Lipinski definition) is 2. The van der Waals surface area contributed by atoms with Gasteiger partial charge in [-0.3, -0.25) is 9.59 Å². The number of benzene rings is 2. The Labute approximate surface area is 148 Å². The maximum atomic E-state index is 13.1. The van der Waals surface area contributed by atoms with E-state index in [1.165, 1.54) is 24.3 Å². The van der Waals surface area contributed by atoms with Crippen LogP contribution in [0.4, 0.5) is 18.9 Å². The number of carbonyl (C=O) groups is 2. The summed E-state index contributed by atoms with van der Waals surface area (Å²) in [6.07, 6.45) is -4.79. The highest BCUT2D eigenvalue weighted by atomic mass is 19.4. The summed E-state index contributed by atoms with van der Waals surface area (Å²) in [7, 11) is 0. The molecule has 1 amide bonds. The second kappa shape index (κ2) is 8.03. The van der Waals surface area contributed by atoms with Crippen LogP contribution in [0.15, 0.2) is 48.5 Å². The van der Waals surface area contributed by atoms with E-state index in [0.29, 0.717) is 11.3 Å². The molecule has 0 heterocycles. The molecule has 0 fully saturated rings. The van der Waals surface area contributed by atoms with Crippen molar-refractivity contribution in [3.05, 3.63) is 65.2 Å². The fraction of sp³-hybridized carbons (Fsp3) is 0.263. The smallest absolute Gasteiger partial charge is 0.416 e. The molecule has 0 spiro atoms. The summed E-state index contributed by atoms with van der Waals surface area (Å²) in [5, 5.41) is 11.4. The Morgan fingerprint density at radius 2 is 1.81 bits per heavy atom. The predicted octanol–water partition coefficient (Wildman–Crippen LogP) is 4.46. The van der Waals surface area contributed by atoms with Crippen LogP contribution in [0.5, 0.6) is 0 Å². The second-order valence-electron chi connectivity index (χ2n) is 6.01. The number of rotatable bonds is 6. The molecule has 0 aliphatic carbocycles. The van der Waals surface area contributed by atoms with Gasteiger partial charge < -0.3 is 10.4 Å². The predicted molar refractivity (Wildman–Crippen MR) is 90.9 cm³/mol. The Kier molecular flexibility index (Phi) is 6.02. The van der Waals surface area contributed by atoms with E-state index in [1.807, 2.05) is 0 Å². The Bertz CT molecular complexity index is 803. The average Bonchev–Trinajstić information content (AvgIpc) is 2.53. The molecule has 2 aromatic rings. The molecule has 0 bridgehead atoms. The summed E-state index contributed by atoms with van der Waals surface area (Å²) < 4.78 is 39.3. The van der Waals surface area contributed by atoms with Gasteiger partial charge >= 0.3 is 12.1 Å². The molecule has 0 radical (unpaired) electrons. The fourth-order valence-electron chi connectivity index (χ4n) is 2.72. The first-order valence-corrected chi connectivity index (χ1v) is 7.93. The largest absolute Gasteiger partial charge is 0.481 e. The van der Waals surface area contributed by atoms with Gasteiger partial charge in [-0.25, -0.2) is 0 Å². The highest BCUT2D eigenvalue weighted by Gasteiger charge is 2.34. The van der Waals surface area contributed by atoms with Gasteiger partial charge in [-0.05, 0) is 35.2 Å². The first-order chi connectivity index (χ1) is 12.2. The van der Waals surface area contributed by atoms with Crippen LogP contribution >= 0.6 is 0 Å². The van der Waals surface area contributed by atoms with Gasteiger partial charge in [0.15, 0.2) is 0 Å². The highest BCUT2D eigenvalue weighted by Crippen LogP contribution is 2.36. The SMILES string of the molecule is CC(CC(=O)Nc1cccc(CC(=O)O)c1)c1ccccc1C(F)(F)F. The van der Waals surface area contributed by atoms with Crippen molar-refractivity contribution in [1.29, 1.82) is 0 Å². The molecule has 2 N–H and O–H groups in total. The van der Waals surface area contributed by atoms with E-state index in [2.05, 4.69) is 5.32 Å². The van der Waals surface area contributed by atoms with E-state index in [-0.39, 0.29) is 18.4 Å². The zero-order chi connectivity index (χ0) is 19.3. The van der Waals surface area contributed by atoms with E-state index in [4.69, 9.17) is 5.11 Å². The number of carbonyl (C=O) groups excluding carboxylic acids is 1. The minimum atomic E-state index is -4.48. The van der Waals surface area contributed by atoms with Crippen LogP contribution in [-0.2, 0) is 22.2 Å². The Morgan fingerprint density at radius 1 is 1.12 bits per heavy atom. The molecular weight excluding hydrogens is 347 g/mol. The van der Waals surface area contributed by atoms with Gasteiger partial charge in [0, 0.05) is 12.1 Å². The molecule has 26 heavy (non-hydrogen) atoms. The molecule has 0 saturated carbocycles. The molecule has 0 aromatic heterocycles. The van der Waals surface area contributed by atoms with Crippen LogP contribution < -0.4 is 5.32 Å². The quantitative estimate of drug-likeness (QED) is 0.794. The standard InChI is InChI=1S/C19H18F3NO3/c1-12(15-7-2-3-8-16(15)19(20,21)22)9-17(24)23-14-6-4-5-13(10-14)11-18(25)26/h2-8,10,12H,9,11H2,1H3,(H,23,24)(H,25,26). The molecule has 138 valence electrons. The lowest BCUT2D eigenvalue weighted by Crippen LogP contribution is -2.17. The zero-order valence-corrected chi connectivity index (χ0v) is 14.0. The van der Waals surface area contributed by atoms with Crippen molar-refractivity contribution in [2.45, 2.75) is 31.9 Å². The summed E-state index contributed by atoms with van der Waals surface area (Å²) in [5.41, 5.74) is 0.245. The number of carboxylic acids is 1. The van der Waals surface area contributed by atoms with Crippen LogP contribution in [0.1, 0.15) is 36.0 Å². The van der Waals surface area contributed by atoms with Gasteiger partial charge in [0.1, 0.15) is 0 Å². The van der Waals surface area contributed by atoms with Gasteiger partial charge in [-0.1, -0.05) is 37.3 Å². The van der Waals surface area contributed by atoms with Crippen molar-refractivity contribution >= 4 is 17.6 Å². The molecule has 4 nitrogen and oxygen atoms in total.